The number of ether oxygens (including phenoxy) is 1. The summed E-state index contributed by atoms with van der Waals surface area (Å²) in [5.41, 5.74) is 0.148. The van der Waals surface area contributed by atoms with Gasteiger partial charge in [-0.2, -0.15) is 0 Å². The van der Waals surface area contributed by atoms with E-state index in [4.69, 9.17) is 4.74 Å². The lowest BCUT2D eigenvalue weighted by Crippen LogP contribution is -2.43. The Hall–Kier alpha value is -0.610. The second-order valence-corrected chi connectivity index (χ2v) is 5.02. The number of hydrogen-bond donors (Lipinski definition) is 1. The molecule has 1 unspecified atom stereocenters. The van der Waals surface area contributed by atoms with Gasteiger partial charge in [0, 0.05) is 12.1 Å². The largest absolute Gasteiger partial charge is 0.466 e. The van der Waals surface area contributed by atoms with Crippen LogP contribution in [0.2, 0.25) is 0 Å². The lowest BCUT2D eigenvalue weighted by Gasteiger charge is -2.32. The molecule has 0 radical (unpaired) electrons. The van der Waals surface area contributed by atoms with E-state index in [1.165, 1.54) is 6.42 Å². The highest BCUT2D eigenvalue weighted by molar-refractivity contribution is 5.69. The van der Waals surface area contributed by atoms with Crippen molar-refractivity contribution in [3.05, 3.63) is 0 Å². The number of β-amino-alcohol motifs (C(OH)–C–C–N with tert-alkyl or cyclic N) is 1. The average Bonchev–Trinajstić information content (AvgIpc) is 2.46. The van der Waals surface area contributed by atoms with Crippen LogP contribution >= 0.6 is 0 Å². The van der Waals surface area contributed by atoms with Gasteiger partial charge in [-0.05, 0) is 40.2 Å². The predicted molar refractivity (Wildman–Crippen MR) is 62.1 cm³/mol. The highest BCUT2D eigenvalue weighted by atomic mass is 16.5. The lowest BCUT2D eigenvalue weighted by atomic mass is 10.0. The van der Waals surface area contributed by atoms with Crippen molar-refractivity contribution in [2.24, 2.45) is 0 Å². The Balaban J connectivity index is 2.34. The van der Waals surface area contributed by atoms with E-state index in [0.717, 1.165) is 13.0 Å². The summed E-state index contributed by atoms with van der Waals surface area (Å²) in [7, 11) is 0. The van der Waals surface area contributed by atoms with Gasteiger partial charge in [-0.15, -0.1) is 0 Å². The number of aliphatic hydroxyl groups excluding tert-OH is 1. The molecule has 16 heavy (non-hydrogen) atoms. The second-order valence-electron chi connectivity index (χ2n) is 5.02. The van der Waals surface area contributed by atoms with Crippen LogP contribution in [0, 0.1) is 0 Å². The number of hydrogen-bond acceptors (Lipinski definition) is 4. The van der Waals surface area contributed by atoms with Gasteiger partial charge in [0.1, 0.15) is 0 Å². The molecule has 0 bridgehead atoms. The van der Waals surface area contributed by atoms with Gasteiger partial charge in [-0.3, -0.25) is 9.69 Å². The van der Waals surface area contributed by atoms with Crippen LogP contribution in [0.25, 0.3) is 0 Å². The molecule has 1 fully saturated rings. The summed E-state index contributed by atoms with van der Waals surface area (Å²) < 4.78 is 4.81. The molecule has 1 N–H and O–H groups in total. The Morgan fingerprint density at radius 1 is 1.56 bits per heavy atom. The molecule has 4 heteroatoms. The topological polar surface area (TPSA) is 49.8 Å². The van der Waals surface area contributed by atoms with Gasteiger partial charge < -0.3 is 9.84 Å². The van der Waals surface area contributed by atoms with Crippen molar-refractivity contribution in [2.45, 2.75) is 51.7 Å². The van der Waals surface area contributed by atoms with E-state index < -0.39 is 6.10 Å². The molecule has 0 aromatic heterocycles. The van der Waals surface area contributed by atoms with Crippen LogP contribution in [0.15, 0.2) is 0 Å². The second kappa shape index (κ2) is 5.64. The van der Waals surface area contributed by atoms with Gasteiger partial charge in [-0.1, -0.05) is 0 Å². The maximum absolute atomic E-state index is 11.2. The van der Waals surface area contributed by atoms with Gasteiger partial charge in [0.25, 0.3) is 0 Å². The number of esters is 1. The Morgan fingerprint density at radius 2 is 2.25 bits per heavy atom. The van der Waals surface area contributed by atoms with Crippen LogP contribution < -0.4 is 0 Å². The van der Waals surface area contributed by atoms with Crippen LogP contribution in [0.5, 0.6) is 0 Å². The first-order valence-corrected chi connectivity index (χ1v) is 6.04. The van der Waals surface area contributed by atoms with Gasteiger partial charge in [0.15, 0.2) is 0 Å². The summed E-state index contributed by atoms with van der Waals surface area (Å²) in [6.45, 7) is 8.07. The third-order valence-corrected chi connectivity index (χ3v) is 3.21. The standard InChI is InChI=1S/C12H23NO3/c1-4-16-11(15)8-10(14)9-13-7-5-6-12(13,2)3/h10,14H,4-9H2,1-3H3. The highest BCUT2D eigenvalue weighted by Crippen LogP contribution is 2.28. The molecule has 0 amide bonds. The van der Waals surface area contributed by atoms with E-state index >= 15 is 0 Å². The zero-order chi connectivity index (χ0) is 12.2. The fourth-order valence-corrected chi connectivity index (χ4v) is 2.23. The molecule has 1 rings (SSSR count). The van der Waals surface area contributed by atoms with Gasteiger partial charge in [0.05, 0.1) is 19.1 Å². The lowest BCUT2D eigenvalue weighted by molar-refractivity contribution is -0.145. The first kappa shape index (κ1) is 13.5. The maximum Gasteiger partial charge on any atom is 0.308 e. The summed E-state index contributed by atoms with van der Waals surface area (Å²) in [6, 6.07) is 0. The monoisotopic (exact) mass is 229 g/mol. The fraction of sp³-hybridized carbons (Fsp3) is 0.917. The van der Waals surface area contributed by atoms with Crippen molar-refractivity contribution < 1.29 is 14.6 Å². The molecule has 0 saturated carbocycles. The van der Waals surface area contributed by atoms with Crippen molar-refractivity contribution >= 4 is 5.97 Å². The van der Waals surface area contributed by atoms with Crippen molar-refractivity contribution in [1.82, 2.24) is 4.90 Å². The third kappa shape index (κ3) is 3.76. The molecule has 1 saturated heterocycles. The molecule has 1 heterocycles. The molecule has 0 aromatic carbocycles. The van der Waals surface area contributed by atoms with Crippen LogP contribution in [0.4, 0.5) is 0 Å². The van der Waals surface area contributed by atoms with Gasteiger partial charge in [0.2, 0.25) is 0 Å². The summed E-state index contributed by atoms with van der Waals surface area (Å²) in [5, 5.41) is 9.80. The maximum atomic E-state index is 11.2. The summed E-state index contributed by atoms with van der Waals surface area (Å²) in [4.78, 5) is 13.4. The van der Waals surface area contributed by atoms with Crippen molar-refractivity contribution in [1.29, 1.82) is 0 Å². The summed E-state index contributed by atoms with van der Waals surface area (Å²) in [5.74, 6) is -0.313. The molecule has 0 aliphatic carbocycles. The molecular weight excluding hydrogens is 206 g/mol. The number of carbonyl (C=O) groups is 1. The normalized spacial score (nSPS) is 22.0. The first-order chi connectivity index (χ1) is 7.45. The minimum Gasteiger partial charge on any atom is -0.466 e. The zero-order valence-corrected chi connectivity index (χ0v) is 10.5. The number of likely N-dealkylation sites (tertiary alicyclic amines) is 1. The van der Waals surface area contributed by atoms with Crippen molar-refractivity contribution in [3.8, 4) is 0 Å². The van der Waals surface area contributed by atoms with Crippen LogP contribution in [-0.4, -0.2) is 47.3 Å². The van der Waals surface area contributed by atoms with E-state index in [1.807, 2.05) is 0 Å². The van der Waals surface area contributed by atoms with E-state index in [2.05, 4.69) is 18.7 Å². The van der Waals surface area contributed by atoms with E-state index in [9.17, 15) is 9.90 Å². The first-order valence-electron chi connectivity index (χ1n) is 6.04. The fourth-order valence-electron chi connectivity index (χ4n) is 2.23. The van der Waals surface area contributed by atoms with Crippen molar-refractivity contribution in [2.75, 3.05) is 19.7 Å². The van der Waals surface area contributed by atoms with Gasteiger partial charge >= 0.3 is 5.97 Å². The molecule has 4 nitrogen and oxygen atoms in total. The Kier molecular flexibility index (Phi) is 4.74. The molecule has 1 atom stereocenters. The molecular formula is C12H23NO3. The summed E-state index contributed by atoms with van der Waals surface area (Å²) >= 11 is 0. The van der Waals surface area contributed by atoms with Crippen molar-refractivity contribution in [3.63, 3.8) is 0 Å². The Morgan fingerprint density at radius 3 is 2.75 bits per heavy atom. The SMILES string of the molecule is CCOC(=O)CC(O)CN1CCCC1(C)C. The van der Waals surface area contributed by atoms with Gasteiger partial charge in [-0.25, -0.2) is 0 Å². The molecule has 1 aliphatic rings. The molecule has 94 valence electrons. The van der Waals surface area contributed by atoms with Crippen LogP contribution in [0.1, 0.15) is 40.0 Å². The third-order valence-electron chi connectivity index (χ3n) is 3.21. The predicted octanol–water partition coefficient (Wildman–Crippen LogP) is 1.17. The van der Waals surface area contributed by atoms with E-state index in [1.54, 1.807) is 6.92 Å². The smallest absolute Gasteiger partial charge is 0.308 e. The molecule has 0 aromatic rings. The minimum atomic E-state index is -0.614. The summed E-state index contributed by atoms with van der Waals surface area (Å²) in [6.07, 6.45) is 1.80. The Labute approximate surface area is 97.6 Å². The molecule has 1 aliphatic heterocycles. The Bertz CT molecular complexity index is 240. The van der Waals surface area contributed by atoms with E-state index in [-0.39, 0.29) is 17.9 Å². The minimum absolute atomic E-state index is 0.0976. The van der Waals surface area contributed by atoms with E-state index in [0.29, 0.717) is 13.2 Å². The number of carbonyl (C=O) groups excluding carboxylic acids is 1. The van der Waals surface area contributed by atoms with Crippen LogP contribution in [-0.2, 0) is 9.53 Å². The molecule has 0 spiro atoms. The van der Waals surface area contributed by atoms with Crippen LogP contribution in [0.3, 0.4) is 0 Å². The quantitative estimate of drug-likeness (QED) is 0.719. The number of aliphatic hydroxyl groups is 1. The average molecular weight is 229 g/mol. The highest BCUT2D eigenvalue weighted by Gasteiger charge is 2.33. The number of nitrogens with zero attached hydrogens (tertiary/aromatic N) is 1. The number of rotatable bonds is 5. The zero-order valence-electron chi connectivity index (χ0n) is 10.5.